The number of hydrogen-bond acceptors (Lipinski definition) is 2. The van der Waals surface area contributed by atoms with Crippen LogP contribution in [-0.2, 0) is 19.8 Å². The summed E-state index contributed by atoms with van der Waals surface area (Å²) in [5.41, 5.74) is 7.17. The molecule has 3 nitrogen and oxygen atoms in total. The van der Waals surface area contributed by atoms with Crippen LogP contribution in [0.3, 0.4) is 0 Å². The van der Waals surface area contributed by atoms with Gasteiger partial charge in [0.1, 0.15) is 0 Å². The SMILES string of the molecule is Cn1c(-c2ccc(CN)cn2)cc2cccc(C(F)(F)F)c21. The van der Waals surface area contributed by atoms with Crippen molar-refractivity contribution in [3.05, 3.63) is 53.7 Å². The molecule has 3 rings (SSSR count). The van der Waals surface area contributed by atoms with E-state index in [2.05, 4.69) is 4.98 Å². The molecule has 2 heterocycles. The summed E-state index contributed by atoms with van der Waals surface area (Å²) in [5, 5.41) is 0.539. The van der Waals surface area contributed by atoms with Crippen molar-refractivity contribution in [2.45, 2.75) is 12.7 Å². The second-order valence-electron chi connectivity index (χ2n) is 5.09. The molecule has 0 radical (unpaired) electrons. The van der Waals surface area contributed by atoms with Gasteiger partial charge in [-0.05, 0) is 23.8 Å². The van der Waals surface area contributed by atoms with E-state index >= 15 is 0 Å². The van der Waals surface area contributed by atoms with Crippen molar-refractivity contribution in [3.63, 3.8) is 0 Å². The number of rotatable bonds is 2. The minimum atomic E-state index is -4.39. The van der Waals surface area contributed by atoms with Crippen LogP contribution in [0, 0.1) is 0 Å². The molecular weight excluding hydrogens is 291 g/mol. The average Bonchev–Trinajstić information content (AvgIpc) is 2.84. The van der Waals surface area contributed by atoms with Crippen LogP contribution in [0.5, 0.6) is 0 Å². The quantitative estimate of drug-likeness (QED) is 0.784. The van der Waals surface area contributed by atoms with Gasteiger partial charge in [-0.25, -0.2) is 0 Å². The van der Waals surface area contributed by atoms with E-state index in [1.807, 2.05) is 6.07 Å². The molecular formula is C16H14F3N3. The molecule has 0 spiro atoms. The van der Waals surface area contributed by atoms with Gasteiger partial charge in [0.15, 0.2) is 0 Å². The van der Waals surface area contributed by atoms with E-state index in [1.165, 1.54) is 10.6 Å². The van der Waals surface area contributed by atoms with Crippen molar-refractivity contribution in [2.24, 2.45) is 12.8 Å². The topological polar surface area (TPSA) is 43.8 Å². The molecule has 2 N–H and O–H groups in total. The molecule has 2 aromatic heterocycles. The predicted molar refractivity (Wildman–Crippen MR) is 79.0 cm³/mol. The molecule has 0 atom stereocenters. The highest BCUT2D eigenvalue weighted by atomic mass is 19.4. The molecule has 0 aliphatic rings. The Morgan fingerprint density at radius 1 is 1.18 bits per heavy atom. The summed E-state index contributed by atoms with van der Waals surface area (Å²) in [6.45, 7) is 0.376. The number of para-hydroxylation sites is 1. The fourth-order valence-electron chi connectivity index (χ4n) is 2.59. The molecule has 1 aromatic carbocycles. The molecule has 114 valence electrons. The Labute approximate surface area is 125 Å². The Morgan fingerprint density at radius 2 is 1.95 bits per heavy atom. The lowest BCUT2D eigenvalue weighted by molar-refractivity contribution is -0.136. The van der Waals surface area contributed by atoms with E-state index in [9.17, 15) is 13.2 Å². The zero-order valence-corrected chi connectivity index (χ0v) is 11.9. The van der Waals surface area contributed by atoms with Crippen molar-refractivity contribution in [3.8, 4) is 11.4 Å². The van der Waals surface area contributed by atoms with Crippen molar-refractivity contribution >= 4 is 10.9 Å². The van der Waals surface area contributed by atoms with E-state index in [-0.39, 0.29) is 5.52 Å². The van der Waals surface area contributed by atoms with Gasteiger partial charge in [-0.3, -0.25) is 4.98 Å². The van der Waals surface area contributed by atoms with Gasteiger partial charge in [0, 0.05) is 25.2 Å². The molecule has 6 heteroatoms. The van der Waals surface area contributed by atoms with Crippen LogP contribution < -0.4 is 5.73 Å². The van der Waals surface area contributed by atoms with Crippen LogP contribution in [-0.4, -0.2) is 9.55 Å². The lowest BCUT2D eigenvalue weighted by Crippen LogP contribution is -2.07. The summed E-state index contributed by atoms with van der Waals surface area (Å²) in [4.78, 5) is 4.29. The van der Waals surface area contributed by atoms with Crippen LogP contribution in [0.4, 0.5) is 13.2 Å². The maximum Gasteiger partial charge on any atom is 0.418 e. The fraction of sp³-hybridized carbons (Fsp3) is 0.188. The van der Waals surface area contributed by atoms with Gasteiger partial charge < -0.3 is 10.3 Å². The van der Waals surface area contributed by atoms with E-state index in [0.717, 1.165) is 11.6 Å². The van der Waals surface area contributed by atoms with Crippen LogP contribution in [0.15, 0.2) is 42.6 Å². The van der Waals surface area contributed by atoms with E-state index in [1.54, 1.807) is 31.4 Å². The number of aromatic nitrogens is 2. The first-order valence-corrected chi connectivity index (χ1v) is 6.73. The predicted octanol–water partition coefficient (Wildman–Crippen LogP) is 3.72. The number of fused-ring (bicyclic) bond motifs is 1. The molecule has 0 aliphatic carbocycles. The van der Waals surface area contributed by atoms with Gasteiger partial charge in [0.05, 0.1) is 22.5 Å². The molecule has 0 aliphatic heterocycles. The van der Waals surface area contributed by atoms with Gasteiger partial charge >= 0.3 is 6.18 Å². The molecule has 0 saturated heterocycles. The lowest BCUT2D eigenvalue weighted by atomic mass is 10.1. The first kappa shape index (κ1) is 14.6. The second kappa shape index (κ2) is 5.14. The van der Waals surface area contributed by atoms with Gasteiger partial charge in [0.2, 0.25) is 0 Å². The van der Waals surface area contributed by atoms with Gasteiger partial charge in [-0.1, -0.05) is 18.2 Å². The monoisotopic (exact) mass is 305 g/mol. The van der Waals surface area contributed by atoms with Gasteiger partial charge in [0.25, 0.3) is 0 Å². The summed E-state index contributed by atoms with van der Waals surface area (Å²) in [6.07, 6.45) is -2.75. The number of aryl methyl sites for hydroxylation is 1. The average molecular weight is 305 g/mol. The molecule has 0 saturated carbocycles. The largest absolute Gasteiger partial charge is 0.418 e. The number of halogens is 3. The summed E-state index contributed by atoms with van der Waals surface area (Å²) in [6, 6.07) is 9.49. The van der Waals surface area contributed by atoms with Crippen molar-refractivity contribution < 1.29 is 13.2 Å². The Bertz CT molecular complexity index is 817. The zero-order chi connectivity index (χ0) is 15.9. The first-order valence-electron chi connectivity index (χ1n) is 6.73. The lowest BCUT2D eigenvalue weighted by Gasteiger charge is -2.11. The second-order valence-corrected chi connectivity index (χ2v) is 5.09. The third-order valence-corrected chi connectivity index (χ3v) is 3.68. The van der Waals surface area contributed by atoms with Crippen LogP contribution in [0.25, 0.3) is 22.3 Å². The van der Waals surface area contributed by atoms with Crippen LogP contribution >= 0.6 is 0 Å². The normalized spacial score (nSPS) is 12.0. The molecule has 0 fully saturated rings. The number of pyridine rings is 1. The Hall–Kier alpha value is -2.34. The summed E-state index contributed by atoms with van der Waals surface area (Å²) >= 11 is 0. The van der Waals surface area contributed by atoms with E-state index in [4.69, 9.17) is 5.73 Å². The molecule has 0 amide bonds. The standard InChI is InChI=1S/C16H14F3N3/c1-22-14(13-6-5-10(8-20)9-21-13)7-11-3-2-4-12(15(11)22)16(17,18)19/h2-7,9H,8,20H2,1H3. The fourth-order valence-corrected chi connectivity index (χ4v) is 2.59. The molecule has 0 unspecified atom stereocenters. The smallest absolute Gasteiger partial charge is 0.342 e. The van der Waals surface area contributed by atoms with Crippen molar-refractivity contribution in [1.82, 2.24) is 9.55 Å². The number of alkyl halides is 3. The number of benzene rings is 1. The maximum atomic E-state index is 13.2. The van der Waals surface area contributed by atoms with Crippen LogP contribution in [0.1, 0.15) is 11.1 Å². The highest BCUT2D eigenvalue weighted by Crippen LogP contribution is 2.37. The first-order chi connectivity index (χ1) is 10.4. The van der Waals surface area contributed by atoms with Crippen molar-refractivity contribution in [1.29, 1.82) is 0 Å². The van der Waals surface area contributed by atoms with Crippen LogP contribution in [0.2, 0.25) is 0 Å². The highest BCUT2D eigenvalue weighted by molar-refractivity contribution is 5.89. The Balaban J connectivity index is 2.22. The van der Waals surface area contributed by atoms with Gasteiger partial charge in [-0.15, -0.1) is 0 Å². The summed E-state index contributed by atoms with van der Waals surface area (Å²) < 4.78 is 41.0. The highest BCUT2D eigenvalue weighted by Gasteiger charge is 2.33. The summed E-state index contributed by atoms with van der Waals surface area (Å²) in [7, 11) is 1.62. The Morgan fingerprint density at radius 3 is 2.55 bits per heavy atom. The van der Waals surface area contributed by atoms with Crippen molar-refractivity contribution in [2.75, 3.05) is 0 Å². The third kappa shape index (κ3) is 2.35. The number of nitrogens with zero attached hydrogens (tertiary/aromatic N) is 2. The minimum absolute atomic E-state index is 0.162. The van der Waals surface area contributed by atoms with E-state index in [0.29, 0.717) is 23.3 Å². The Kier molecular flexibility index (Phi) is 3.41. The molecule has 0 bridgehead atoms. The minimum Gasteiger partial charge on any atom is -0.342 e. The summed E-state index contributed by atoms with van der Waals surface area (Å²) in [5.74, 6) is 0. The number of nitrogens with two attached hydrogens (primary N) is 1. The van der Waals surface area contributed by atoms with Gasteiger partial charge in [-0.2, -0.15) is 13.2 Å². The third-order valence-electron chi connectivity index (χ3n) is 3.68. The van der Waals surface area contributed by atoms with E-state index < -0.39 is 11.7 Å². The maximum absolute atomic E-state index is 13.2. The zero-order valence-electron chi connectivity index (χ0n) is 11.9. The molecule has 22 heavy (non-hydrogen) atoms. The molecule has 3 aromatic rings. The number of hydrogen-bond donors (Lipinski definition) is 1.